The molecule has 4 nitrogen and oxygen atoms in total. The van der Waals surface area contributed by atoms with Crippen LogP contribution in [0.2, 0.25) is 0 Å². The summed E-state index contributed by atoms with van der Waals surface area (Å²) in [5.74, 6) is -0.253. The molecule has 0 aliphatic rings. The smallest absolute Gasteiger partial charge is 0.335 e. The van der Waals surface area contributed by atoms with E-state index in [4.69, 9.17) is 9.47 Å². The first-order valence-corrected chi connectivity index (χ1v) is 6.68. The molecule has 2 aromatic carbocycles. The van der Waals surface area contributed by atoms with Crippen LogP contribution in [0.4, 0.5) is 0 Å². The van der Waals surface area contributed by atoms with E-state index in [-0.39, 0.29) is 0 Å². The molecule has 0 radical (unpaired) electrons. The second kappa shape index (κ2) is 6.26. The van der Waals surface area contributed by atoms with Gasteiger partial charge in [-0.15, -0.1) is 0 Å². The van der Waals surface area contributed by atoms with Gasteiger partial charge in [0.15, 0.2) is 0 Å². The normalized spacial score (nSPS) is 10.1. The molecule has 0 spiro atoms. The largest absolute Gasteiger partial charge is 0.423 e. The van der Waals surface area contributed by atoms with E-state index in [9.17, 15) is 9.59 Å². The molecule has 112 valence electrons. The molecular formula is C18H16O4. The Morgan fingerprint density at radius 3 is 2.23 bits per heavy atom. The maximum Gasteiger partial charge on any atom is 0.335 e. The molecule has 0 amide bonds. The van der Waals surface area contributed by atoms with Crippen LogP contribution in [-0.4, -0.2) is 11.9 Å². The number of esters is 2. The minimum absolute atomic E-state index is 0.402. The fourth-order valence-electron chi connectivity index (χ4n) is 2.12. The van der Waals surface area contributed by atoms with E-state index in [1.807, 2.05) is 25.1 Å². The average molecular weight is 296 g/mol. The van der Waals surface area contributed by atoms with Crippen LogP contribution in [0.3, 0.4) is 0 Å². The quantitative estimate of drug-likeness (QED) is 0.491. The number of carbonyl (C=O) groups is 2. The molecule has 0 heterocycles. The topological polar surface area (TPSA) is 52.6 Å². The molecular weight excluding hydrogens is 280 g/mol. The zero-order chi connectivity index (χ0) is 16.3. The molecule has 0 N–H and O–H groups in total. The summed E-state index contributed by atoms with van der Waals surface area (Å²) in [6.07, 6.45) is 2.20. The number of hydrogen-bond acceptors (Lipinski definition) is 4. The Labute approximate surface area is 128 Å². The number of fused-ring (bicyclic) bond motifs is 1. The highest BCUT2D eigenvalue weighted by Crippen LogP contribution is 2.37. The first kappa shape index (κ1) is 15.5. The summed E-state index contributed by atoms with van der Waals surface area (Å²) in [5, 5.41) is 1.38. The predicted molar refractivity (Wildman–Crippen MR) is 85.1 cm³/mol. The maximum absolute atomic E-state index is 11.5. The molecule has 2 rings (SSSR count). The van der Waals surface area contributed by atoms with Crippen molar-refractivity contribution >= 4 is 22.7 Å². The third-order valence-corrected chi connectivity index (χ3v) is 3.14. The van der Waals surface area contributed by atoms with Crippen molar-refractivity contribution in [3.63, 3.8) is 0 Å². The number of carbonyl (C=O) groups excluding carboxylic acids is 2. The fourth-order valence-corrected chi connectivity index (χ4v) is 2.12. The van der Waals surface area contributed by atoms with Crippen LogP contribution < -0.4 is 9.47 Å². The van der Waals surface area contributed by atoms with Gasteiger partial charge in [0.05, 0.1) is 0 Å². The molecule has 0 aliphatic heterocycles. The Hall–Kier alpha value is -2.88. The van der Waals surface area contributed by atoms with Crippen molar-refractivity contribution in [2.45, 2.75) is 13.8 Å². The molecule has 0 saturated heterocycles. The zero-order valence-electron chi connectivity index (χ0n) is 12.5. The molecule has 2 aromatic rings. The summed E-state index contributed by atoms with van der Waals surface area (Å²) in [6, 6.07) is 7.25. The van der Waals surface area contributed by atoms with Crippen molar-refractivity contribution in [2.24, 2.45) is 0 Å². The van der Waals surface area contributed by atoms with Gasteiger partial charge in [-0.2, -0.15) is 0 Å². The predicted octanol–water partition coefficient (Wildman–Crippen LogP) is 3.64. The summed E-state index contributed by atoms with van der Waals surface area (Å²) in [5.41, 5.74) is 1.67. The second-order valence-electron chi connectivity index (χ2n) is 4.82. The van der Waals surface area contributed by atoms with Gasteiger partial charge in [0.2, 0.25) is 0 Å². The van der Waals surface area contributed by atoms with Crippen molar-refractivity contribution < 1.29 is 19.1 Å². The number of hydrogen-bond donors (Lipinski definition) is 0. The molecule has 4 heteroatoms. The van der Waals surface area contributed by atoms with Crippen LogP contribution in [0.1, 0.15) is 11.1 Å². The lowest BCUT2D eigenvalue weighted by molar-refractivity contribution is -0.130. The van der Waals surface area contributed by atoms with Gasteiger partial charge in [0.25, 0.3) is 0 Å². The fraction of sp³-hybridized carbons (Fsp3) is 0.111. The SMILES string of the molecule is C=CC(=O)Oc1cc(C)c(OC(=O)C=C)c2ccc(C)cc12. The van der Waals surface area contributed by atoms with Crippen LogP contribution in [0.25, 0.3) is 10.8 Å². The van der Waals surface area contributed by atoms with E-state index in [0.29, 0.717) is 27.8 Å². The summed E-state index contributed by atoms with van der Waals surface area (Å²) in [7, 11) is 0. The van der Waals surface area contributed by atoms with Crippen LogP contribution in [0.15, 0.2) is 49.6 Å². The summed E-state index contributed by atoms with van der Waals surface area (Å²) >= 11 is 0. The van der Waals surface area contributed by atoms with Crippen molar-refractivity contribution in [1.82, 2.24) is 0 Å². The molecule has 0 fully saturated rings. The minimum Gasteiger partial charge on any atom is -0.423 e. The average Bonchev–Trinajstić information content (AvgIpc) is 2.50. The first-order valence-electron chi connectivity index (χ1n) is 6.68. The highest BCUT2D eigenvalue weighted by Gasteiger charge is 2.15. The van der Waals surface area contributed by atoms with Gasteiger partial charge in [0.1, 0.15) is 11.5 Å². The summed E-state index contributed by atoms with van der Waals surface area (Å²) in [4.78, 5) is 23.0. The Morgan fingerprint density at radius 2 is 1.59 bits per heavy atom. The van der Waals surface area contributed by atoms with Crippen LogP contribution in [0, 0.1) is 13.8 Å². The van der Waals surface area contributed by atoms with E-state index in [1.54, 1.807) is 13.0 Å². The lowest BCUT2D eigenvalue weighted by Crippen LogP contribution is -2.07. The highest BCUT2D eigenvalue weighted by molar-refractivity contribution is 5.99. The van der Waals surface area contributed by atoms with E-state index in [0.717, 1.165) is 17.7 Å². The molecule has 0 aromatic heterocycles. The van der Waals surface area contributed by atoms with Gasteiger partial charge >= 0.3 is 11.9 Å². The Morgan fingerprint density at radius 1 is 0.955 bits per heavy atom. The van der Waals surface area contributed by atoms with Crippen LogP contribution >= 0.6 is 0 Å². The van der Waals surface area contributed by atoms with Gasteiger partial charge in [-0.3, -0.25) is 0 Å². The molecule has 0 saturated carbocycles. The van der Waals surface area contributed by atoms with Gasteiger partial charge in [0, 0.05) is 22.9 Å². The van der Waals surface area contributed by atoms with Crippen molar-refractivity contribution in [3.05, 3.63) is 60.7 Å². The molecule has 22 heavy (non-hydrogen) atoms. The Balaban J connectivity index is 2.68. The monoisotopic (exact) mass is 296 g/mol. The Bertz CT molecular complexity index is 787. The second-order valence-corrected chi connectivity index (χ2v) is 4.82. The maximum atomic E-state index is 11.5. The standard InChI is InChI=1S/C18H16O4/c1-5-16(19)21-15-10-12(4)18(22-17(20)6-2)13-8-7-11(3)9-14(13)15/h5-10H,1-2H2,3-4H3. The number of benzene rings is 2. The third-order valence-electron chi connectivity index (χ3n) is 3.14. The van der Waals surface area contributed by atoms with E-state index < -0.39 is 11.9 Å². The van der Waals surface area contributed by atoms with Gasteiger partial charge in [-0.25, -0.2) is 9.59 Å². The van der Waals surface area contributed by atoms with E-state index >= 15 is 0 Å². The summed E-state index contributed by atoms with van der Waals surface area (Å²) < 4.78 is 10.6. The number of rotatable bonds is 4. The van der Waals surface area contributed by atoms with Gasteiger partial charge < -0.3 is 9.47 Å². The number of ether oxygens (including phenoxy) is 2. The van der Waals surface area contributed by atoms with E-state index in [2.05, 4.69) is 13.2 Å². The lowest BCUT2D eigenvalue weighted by Gasteiger charge is -2.14. The van der Waals surface area contributed by atoms with Crippen LogP contribution in [0.5, 0.6) is 11.5 Å². The van der Waals surface area contributed by atoms with Crippen molar-refractivity contribution in [2.75, 3.05) is 0 Å². The van der Waals surface area contributed by atoms with Crippen molar-refractivity contribution in [1.29, 1.82) is 0 Å². The molecule has 0 atom stereocenters. The number of aryl methyl sites for hydroxylation is 2. The molecule has 0 bridgehead atoms. The van der Waals surface area contributed by atoms with E-state index in [1.165, 1.54) is 0 Å². The van der Waals surface area contributed by atoms with Gasteiger partial charge in [-0.05, 0) is 31.5 Å². The highest BCUT2D eigenvalue weighted by atomic mass is 16.5. The molecule has 0 aliphatic carbocycles. The Kier molecular flexibility index (Phi) is 4.41. The van der Waals surface area contributed by atoms with Crippen molar-refractivity contribution in [3.8, 4) is 11.5 Å². The molecule has 0 unspecified atom stereocenters. The minimum atomic E-state index is -0.543. The van der Waals surface area contributed by atoms with Crippen LogP contribution in [-0.2, 0) is 9.59 Å². The van der Waals surface area contributed by atoms with Gasteiger partial charge in [-0.1, -0.05) is 30.9 Å². The third kappa shape index (κ3) is 3.06. The summed E-state index contributed by atoms with van der Waals surface area (Å²) in [6.45, 7) is 10.5. The zero-order valence-corrected chi connectivity index (χ0v) is 12.5. The first-order chi connectivity index (χ1) is 10.5. The lowest BCUT2D eigenvalue weighted by atomic mass is 10.0.